The lowest BCUT2D eigenvalue weighted by Crippen LogP contribution is -2.31. The van der Waals surface area contributed by atoms with Gasteiger partial charge in [-0.25, -0.2) is 0 Å². The van der Waals surface area contributed by atoms with Gasteiger partial charge in [-0.2, -0.15) is 0 Å². The van der Waals surface area contributed by atoms with Crippen molar-refractivity contribution in [3.05, 3.63) is 64.6 Å². The van der Waals surface area contributed by atoms with Gasteiger partial charge < -0.3 is 10.2 Å². The third-order valence-electron chi connectivity index (χ3n) is 4.06. The largest absolute Gasteiger partial charge is 0.371 e. The number of amides is 1. The van der Waals surface area contributed by atoms with Gasteiger partial charge in [0, 0.05) is 35.4 Å². The van der Waals surface area contributed by atoms with Crippen LogP contribution in [0.2, 0.25) is 0 Å². The first-order valence-electron chi connectivity index (χ1n) is 7.56. The fourth-order valence-corrected chi connectivity index (χ4v) is 3.08. The van der Waals surface area contributed by atoms with Crippen molar-refractivity contribution in [1.29, 1.82) is 0 Å². The summed E-state index contributed by atoms with van der Waals surface area (Å²) in [7, 11) is 0. The quantitative estimate of drug-likeness (QED) is 0.903. The summed E-state index contributed by atoms with van der Waals surface area (Å²) in [6.45, 7) is 2.80. The zero-order valence-electron chi connectivity index (χ0n) is 12.3. The van der Waals surface area contributed by atoms with Gasteiger partial charge in [0.15, 0.2) is 0 Å². The monoisotopic (exact) mass is 358 g/mol. The lowest BCUT2D eigenvalue weighted by atomic mass is 10.1. The average Bonchev–Trinajstić information content (AvgIpc) is 3.03. The van der Waals surface area contributed by atoms with Crippen LogP contribution >= 0.6 is 15.9 Å². The Morgan fingerprint density at radius 3 is 2.59 bits per heavy atom. The molecule has 1 atom stereocenters. The predicted octanol–water partition coefficient (Wildman–Crippen LogP) is 3.71. The van der Waals surface area contributed by atoms with Gasteiger partial charge in [-0.05, 0) is 48.7 Å². The highest BCUT2D eigenvalue weighted by atomic mass is 79.9. The van der Waals surface area contributed by atoms with E-state index < -0.39 is 0 Å². The minimum absolute atomic E-state index is 0.00524. The highest BCUT2D eigenvalue weighted by Gasteiger charge is 2.23. The van der Waals surface area contributed by atoms with Crippen LogP contribution < -0.4 is 10.2 Å². The Balaban J connectivity index is 1.50. The Labute approximate surface area is 139 Å². The van der Waals surface area contributed by atoms with Gasteiger partial charge >= 0.3 is 0 Å². The van der Waals surface area contributed by atoms with E-state index >= 15 is 0 Å². The van der Waals surface area contributed by atoms with E-state index in [1.807, 2.05) is 30.3 Å². The molecule has 2 aromatic rings. The number of para-hydroxylation sites is 1. The van der Waals surface area contributed by atoms with E-state index in [0.717, 1.165) is 30.5 Å². The zero-order chi connectivity index (χ0) is 15.4. The molecule has 0 radical (unpaired) electrons. The molecule has 1 amide bonds. The van der Waals surface area contributed by atoms with E-state index in [9.17, 15) is 4.79 Å². The summed E-state index contributed by atoms with van der Waals surface area (Å²) in [6, 6.07) is 17.9. The number of hydrogen-bond donors (Lipinski definition) is 1. The summed E-state index contributed by atoms with van der Waals surface area (Å²) >= 11 is 3.38. The van der Waals surface area contributed by atoms with Gasteiger partial charge in [-0.1, -0.05) is 34.1 Å². The second-order valence-electron chi connectivity index (χ2n) is 5.65. The molecule has 1 aliphatic rings. The van der Waals surface area contributed by atoms with E-state index in [1.165, 1.54) is 5.69 Å². The van der Waals surface area contributed by atoms with Gasteiger partial charge in [0.05, 0.1) is 0 Å². The van der Waals surface area contributed by atoms with Crippen LogP contribution in [0.25, 0.3) is 0 Å². The Hall–Kier alpha value is -1.81. The van der Waals surface area contributed by atoms with Crippen LogP contribution in [0.4, 0.5) is 5.69 Å². The number of rotatable bonds is 4. The van der Waals surface area contributed by atoms with Crippen LogP contribution in [0.15, 0.2) is 59.1 Å². The molecule has 4 heteroatoms. The van der Waals surface area contributed by atoms with E-state index in [4.69, 9.17) is 0 Å². The van der Waals surface area contributed by atoms with Crippen molar-refractivity contribution in [2.45, 2.75) is 6.42 Å². The van der Waals surface area contributed by atoms with Gasteiger partial charge in [-0.3, -0.25) is 4.79 Å². The van der Waals surface area contributed by atoms with Crippen molar-refractivity contribution in [3.8, 4) is 0 Å². The number of anilines is 1. The van der Waals surface area contributed by atoms with Gasteiger partial charge in [0.1, 0.15) is 0 Å². The topological polar surface area (TPSA) is 32.3 Å². The predicted molar refractivity (Wildman–Crippen MR) is 93.2 cm³/mol. The molecule has 0 saturated carbocycles. The maximum atomic E-state index is 12.1. The molecule has 3 rings (SSSR count). The van der Waals surface area contributed by atoms with Crippen LogP contribution in [-0.4, -0.2) is 25.5 Å². The number of carbonyl (C=O) groups is 1. The second-order valence-corrected chi connectivity index (χ2v) is 6.57. The third-order valence-corrected chi connectivity index (χ3v) is 4.59. The van der Waals surface area contributed by atoms with Gasteiger partial charge in [0.25, 0.3) is 5.91 Å². The van der Waals surface area contributed by atoms with E-state index in [1.54, 1.807) is 0 Å². The number of halogens is 1. The fraction of sp³-hybridized carbons (Fsp3) is 0.278. The van der Waals surface area contributed by atoms with Crippen molar-refractivity contribution in [2.75, 3.05) is 24.5 Å². The number of carbonyl (C=O) groups excluding carboxylic acids is 1. The van der Waals surface area contributed by atoms with Crippen molar-refractivity contribution in [1.82, 2.24) is 5.32 Å². The van der Waals surface area contributed by atoms with Crippen LogP contribution in [0.3, 0.4) is 0 Å². The molecule has 1 saturated heterocycles. The maximum absolute atomic E-state index is 12.1. The molecule has 1 heterocycles. The molecular weight excluding hydrogens is 340 g/mol. The van der Waals surface area contributed by atoms with Crippen molar-refractivity contribution >= 4 is 27.5 Å². The standard InChI is InChI=1S/C18H19BrN2O/c19-16-8-6-15(7-9-16)18(22)20-12-14-10-11-21(13-14)17-4-2-1-3-5-17/h1-9,14H,10-13H2,(H,20,22)/t14-/m0/s1. The molecule has 0 aliphatic carbocycles. The van der Waals surface area contributed by atoms with Crippen LogP contribution in [0, 0.1) is 5.92 Å². The number of nitrogens with one attached hydrogen (secondary N) is 1. The third kappa shape index (κ3) is 3.69. The number of hydrogen-bond acceptors (Lipinski definition) is 2. The molecule has 114 valence electrons. The van der Waals surface area contributed by atoms with E-state index in [-0.39, 0.29) is 5.91 Å². The number of nitrogens with zero attached hydrogens (tertiary/aromatic N) is 1. The molecule has 0 aromatic heterocycles. The summed E-state index contributed by atoms with van der Waals surface area (Å²) < 4.78 is 0.985. The first-order valence-corrected chi connectivity index (χ1v) is 8.35. The molecule has 2 aromatic carbocycles. The first-order chi connectivity index (χ1) is 10.7. The van der Waals surface area contributed by atoms with Crippen molar-refractivity contribution < 1.29 is 4.79 Å². The van der Waals surface area contributed by atoms with Crippen LogP contribution in [-0.2, 0) is 0 Å². The molecular formula is C18H19BrN2O. The highest BCUT2D eigenvalue weighted by Crippen LogP contribution is 2.23. The molecule has 0 unspecified atom stereocenters. The Kier molecular flexibility index (Phi) is 4.78. The van der Waals surface area contributed by atoms with E-state index in [0.29, 0.717) is 11.5 Å². The molecule has 1 fully saturated rings. The Bertz CT molecular complexity index is 627. The summed E-state index contributed by atoms with van der Waals surface area (Å²) in [5, 5.41) is 3.05. The molecule has 1 aliphatic heterocycles. The fourth-order valence-electron chi connectivity index (χ4n) is 2.81. The Morgan fingerprint density at radius 1 is 1.14 bits per heavy atom. The molecule has 0 spiro atoms. The number of benzene rings is 2. The summed E-state index contributed by atoms with van der Waals surface area (Å²) in [4.78, 5) is 14.5. The lowest BCUT2D eigenvalue weighted by Gasteiger charge is -2.18. The molecule has 22 heavy (non-hydrogen) atoms. The molecule has 3 nitrogen and oxygen atoms in total. The lowest BCUT2D eigenvalue weighted by molar-refractivity contribution is 0.0948. The Morgan fingerprint density at radius 2 is 1.86 bits per heavy atom. The van der Waals surface area contributed by atoms with Gasteiger partial charge in [-0.15, -0.1) is 0 Å². The smallest absolute Gasteiger partial charge is 0.251 e. The summed E-state index contributed by atoms with van der Waals surface area (Å²) in [5.41, 5.74) is 1.98. The highest BCUT2D eigenvalue weighted by molar-refractivity contribution is 9.10. The average molecular weight is 359 g/mol. The van der Waals surface area contributed by atoms with Crippen molar-refractivity contribution in [3.63, 3.8) is 0 Å². The first kappa shape index (κ1) is 15.1. The van der Waals surface area contributed by atoms with E-state index in [2.05, 4.69) is 50.4 Å². The van der Waals surface area contributed by atoms with Crippen LogP contribution in [0.1, 0.15) is 16.8 Å². The summed E-state index contributed by atoms with van der Waals surface area (Å²) in [5.74, 6) is 0.519. The van der Waals surface area contributed by atoms with Gasteiger partial charge in [0.2, 0.25) is 0 Å². The molecule has 0 bridgehead atoms. The maximum Gasteiger partial charge on any atom is 0.251 e. The second kappa shape index (κ2) is 6.97. The minimum Gasteiger partial charge on any atom is -0.371 e. The minimum atomic E-state index is 0.00524. The summed E-state index contributed by atoms with van der Waals surface area (Å²) in [6.07, 6.45) is 1.12. The van der Waals surface area contributed by atoms with Crippen LogP contribution in [0.5, 0.6) is 0 Å². The zero-order valence-corrected chi connectivity index (χ0v) is 13.9. The van der Waals surface area contributed by atoms with Crippen molar-refractivity contribution in [2.24, 2.45) is 5.92 Å². The SMILES string of the molecule is O=C(NC[C@@H]1CCN(c2ccccc2)C1)c1ccc(Br)cc1. The molecule has 1 N–H and O–H groups in total. The normalized spacial score (nSPS) is 17.5.